The highest BCUT2D eigenvalue weighted by molar-refractivity contribution is 6.00. The van der Waals surface area contributed by atoms with Crippen LogP contribution in [0.2, 0.25) is 0 Å². The maximum atomic E-state index is 12.3. The number of para-hydroxylation sites is 1. The van der Waals surface area contributed by atoms with Crippen LogP contribution < -0.4 is 19.8 Å². The molecule has 0 saturated heterocycles. The molecular weight excluding hydrogens is 306 g/mol. The fourth-order valence-electron chi connectivity index (χ4n) is 2.22. The van der Waals surface area contributed by atoms with Gasteiger partial charge in [0.25, 0.3) is 5.91 Å². The van der Waals surface area contributed by atoms with Crippen molar-refractivity contribution < 1.29 is 14.3 Å². The lowest BCUT2D eigenvalue weighted by Gasteiger charge is -2.15. The molecule has 6 nitrogen and oxygen atoms in total. The van der Waals surface area contributed by atoms with Gasteiger partial charge in [-0.15, -0.1) is 0 Å². The fourth-order valence-corrected chi connectivity index (χ4v) is 2.22. The summed E-state index contributed by atoms with van der Waals surface area (Å²) in [4.78, 5) is 14.2. The summed E-state index contributed by atoms with van der Waals surface area (Å²) in [6.45, 7) is 0. The van der Waals surface area contributed by atoms with Gasteiger partial charge >= 0.3 is 0 Å². The number of hydrogen-bond acceptors (Lipinski definition) is 5. The predicted octanol–water partition coefficient (Wildman–Crippen LogP) is 2.53. The molecule has 0 heterocycles. The van der Waals surface area contributed by atoms with Gasteiger partial charge in [0.1, 0.15) is 11.5 Å². The normalized spacial score (nSPS) is 10.5. The van der Waals surface area contributed by atoms with Crippen molar-refractivity contribution in [1.82, 2.24) is 5.43 Å². The Morgan fingerprint density at radius 2 is 1.88 bits per heavy atom. The zero-order chi connectivity index (χ0) is 17.5. The number of carbonyl (C=O) groups excluding carboxylic acids is 1. The van der Waals surface area contributed by atoms with Gasteiger partial charge in [-0.3, -0.25) is 4.79 Å². The van der Waals surface area contributed by atoms with Gasteiger partial charge < -0.3 is 14.4 Å². The van der Waals surface area contributed by atoms with Crippen LogP contribution in [0.3, 0.4) is 0 Å². The monoisotopic (exact) mass is 327 g/mol. The van der Waals surface area contributed by atoms with E-state index >= 15 is 0 Å². The number of amides is 1. The fraction of sp³-hybridized carbons (Fsp3) is 0.222. The first-order valence-electron chi connectivity index (χ1n) is 7.38. The first-order chi connectivity index (χ1) is 11.6. The van der Waals surface area contributed by atoms with Crippen LogP contribution in [0.25, 0.3) is 0 Å². The lowest BCUT2D eigenvalue weighted by molar-refractivity contribution is 0.0955. The van der Waals surface area contributed by atoms with Gasteiger partial charge in [0.05, 0.1) is 26.0 Å². The molecule has 0 aromatic heterocycles. The molecule has 2 aromatic carbocycles. The molecule has 2 rings (SSSR count). The number of benzene rings is 2. The number of rotatable bonds is 6. The molecule has 0 radical (unpaired) electrons. The summed E-state index contributed by atoms with van der Waals surface area (Å²) >= 11 is 0. The molecule has 0 saturated carbocycles. The van der Waals surface area contributed by atoms with E-state index in [2.05, 4.69) is 10.5 Å². The van der Waals surface area contributed by atoms with Crippen LogP contribution in [0.4, 0.5) is 5.69 Å². The number of methoxy groups -OCH3 is 2. The van der Waals surface area contributed by atoms with Gasteiger partial charge in [-0.25, -0.2) is 5.43 Å². The molecule has 24 heavy (non-hydrogen) atoms. The van der Waals surface area contributed by atoms with Crippen molar-refractivity contribution in [2.24, 2.45) is 5.10 Å². The van der Waals surface area contributed by atoms with Crippen LogP contribution in [-0.2, 0) is 0 Å². The molecule has 0 unspecified atom stereocenters. The highest BCUT2D eigenvalue weighted by Gasteiger charge is 2.11. The van der Waals surface area contributed by atoms with Crippen molar-refractivity contribution in [1.29, 1.82) is 0 Å². The number of ether oxygens (including phenoxy) is 2. The molecule has 0 fully saturated rings. The number of nitrogens with one attached hydrogen (secondary N) is 1. The third-order valence-corrected chi connectivity index (χ3v) is 3.44. The van der Waals surface area contributed by atoms with Crippen molar-refractivity contribution >= 4 is 17.8 Å². The Bertz CT molecular complexity index is 742. The van der Waals surface area contributed by atoms with Gasteiger partial charge in [-0.05, 0) is 30.3 Å². The smallest absolute Gasteiger partial charge is 0.273 e. The van der Waals surface area contributed by atoms with Crippen LogP contribution >= 0.6 is 0 Å². The average molecular weight is 327 g/mol. The average Bonchev–Trinajstić information content (AvgIpc) is 2.61. The van der Waals surface area contributed by atoms with Crippen LogP contribution in [0.5, 0.6) is 11.5 Å². The van der Waals surface area contributed by atoms with E-state index in [-0.39, 0.29) is 5.91 Å². The SMILES string of the molecule is COc1ccc(OC)c(/C=N/NC(=O)c2ccccc2N(C)C)c1. The second kappa shape index (κ2) is 8.01. The minimum atomic E-state index is -0.280. The van der Waals surface area contributed by atoms with Crippen LogP contribution in [0.1, 0.15) is 15.9 Å². The summed E-state index contributed by atoms with van der Waals surface area (Å²) in [5.41, 5.74) is 4.62. The van der Waals surface area contributed by atoms with Gasteiger partial charge in [-0.1, -0.05) is 12.1 Å². The molecule has 0 aliphatic carbocycles. The number of hydrazone groups is 1. The highest BCUT2D eigenvalue weighted by atomic mass is 16.5. The summed E-state index contributed by atoms with van der Waals surface area (Å²) in [5.74, 6) is 1.04. The van der Waals surface area contributed by atoms with Crippen LogP contribution in [0, 0.1) is 0 Å². The predicted molar refractivity (Wildman–Crippen MR) is 95.4 cm³/mol. The van der Waals surface area contributed by atoms with E-state index in [1.165, 1.54) is 6.21 Å². The van der Waals surface area contributed by atoms with Gasteiger partial charge in [0.15, 0.2) is 0 Å². The Morgan fingerprint density at radius 1 is 1.12 bits per heavy atom. The molecule has 0 spiro atoms. The zero-order valence-corrected chi connectivity index (χ0v) is 14.2. The first-order valence-corrected chi connectivity index (χ1v) is 7.38. The van der Waals surface area contributed by atoms with Gasteiger partial charge in [0, 0.05) is 25.3 Å². The molecule has 1 amide bonds. The number of hydrogen-bond donors (Lipinski definition) is 1. The van der Waals surface area contributed by atoms with E-state index in [1.54, 1.807) is 38.5 Å². The Morgan fingerprint density at radius 3 is 2.54 bits per heavy atom. The van der Waals surface area contributed by atoms with Crippen LogP contribution in [0.15, 0.2) is 47.6 Å². The highest BCUT2D eigenvalue weighted by Crippen LogP contribution is 2.22. The second-order valence-corrected chi connectivity index (χ2v) is 5.22. The third kappa shape index (κ3) is 4.04. The topological polar surface area (TPSA) is 63.2 Å². The molecule has 0 bridgehead atoms. The number of anilines is 1. The van der Waals surface area contributed by atoms with Crippen molar-refractivity contribution in [2.75, 3.05) is 33.2 Å². The maximum Gasteiger partial charge on any atom is 0.273 e. The van der Waals surface area contributed by atoms with Gasteiger partial charge in [0.2, 0.25) is 0 Å². The standard InChI is InChI=1S/C18H21N3O3/c1-21(2)16-8-6-5-7-15(16)18(22)20-19-12-13-11-14(23-3)9-10-17(13)24-4/h5-12H,1-4H3,(H,20,22)/b19-12+. The van der Waals surface area contributed by atoms with E-state index in [9.17, 15) is 4.79 Å². The van der Waals surface area contributed by atoms with Crippen molar-refractivity contribution in [2.45, 2.75) is 0 Å². The Kier molecular flexibility index (Phi) is 5.78. The summed E-state index contributed by atoms with van der Waals surface area (Å²) < 4.78 is 10.5. The minimum Gasteiger partial charge on any atom is -0.497 e. The molecule has 0 atom stereocenters. The van der Waals surface area contributed by atoms with Crippen molar-refractivity contribution in [3.63, 3.8) is 0 Å². The van der Waals surface area contributed by atoms with Crippen molar-refractivity contribution in [3.8, 4) is 11.5 Å². The second-order valence-electron chi connectivity index (χ2n) is 5.22. The quantitative estimate of drug-likeness (QED) is 0.654. The van der Waals surface area contributed by atoms with E-state index in [4.69, 9.17) is 9.47 Å². The summed E-state index contributed by atoms with van der Waals surface area (Å²) in [6.07, 6.45) is 1.53. The zero-order valence-electron chi connectivity index (χ0n) is 14.2. The third-order valence-electron chi connectivity index (χ3n) is 3.44. The molecule has 6 heteroatoms. The maximum absolute atomic E-state index is 12.3. The summed E-state index contributed by atoms with van der Waals surface area (Å²) in [6, 6.07) is 12.7. The molecule has 0 aliphatic rings. The van der Waals surface area contributed by atoms with Gasteiger partial charge in [-0.2, -0.15) is 5.10 Å². The Balaban J connectivity index is 2.16. The van der Waals surface area contributed by atoms with Crippen molar-refractivity contribution in [3.05, 3.63) is 53.6 Å². The van der Waals surface area contributed by atoms with E-state index in [1.807, 2.05) is 37.2 Å². The molecule has 1 N–H and O–H groups in total. The molecule has 2 aromatic rings. The first kappa shape index (κ1) is 17.3. The molecular formula is C18H21N3O3. The number of nitrogens with zero attached hydrogens (tertiary/aromatic N) is 2. The summed E-state index contributed by atoms with van der Waals surface area (Å²) in [5, 5.41) is 4.02. The van der Waals surface area contributed by atoms with E-state index < -0.39 is 0 Å². The van der Waals surface area contributed by atoms with Crippen LogP contribution in [-0.4, -0.2) is 40.4 Å². The largest absolute Gasteiger partial charge is 0.497 e. The minimum absolute atomic E-state index is 0.280. The lowest BCUT2D eigenvalue weighted by atomic mass is 10.1. The van der Waals surface area contributed by atoms with E-state index in [0.717, 1.165) is 5.69 Å². The molecule has 126 valence electrons. The molecule has 0 aliphatic heterocycles. The lowest BCUT2D eigenvalue weighted by Crippen LogP contribution is -2.21. The summed E-state index contributed by atoms with van der Waals surface area (Å²) in [7, 11) is 6.93. The number of carbonyl (C=O) groups is 1. The Hall–Kier alpha value is -3.02. The van der Waals surface area contributed by atoms with E-state index in [0.29, 0.717) is 22.6 Å². The Labute approximate surface area is 141 Å².